The normalized spacial score (nSPS) is 14.2. The lowest BCUT2D eigenvalue weighted by Gasteiger charge is -2.32. The highest BCUT2D eigenvalue weighted by atomic mass is 19.2. The summed E-state index contributed by atoms with van der Waals surface area (Å²) in [5, 5.41) is -0.0224. The van der Waals surface area contributed by atoms with Crippen molar-refractivity contribution >= 4 is 45.8 Å². The second-order valence-electron chi connectivity index (χ2n) is 10.6. The average Bonchev–Trinajstić information content (AvgIpc) is 3.02. The molecule has 0 aliphatic carbocycles. The van der Waals surface area contributed by atoms with Crippen molar-refractivity contribution in [2.24, 2.45) is 0 Å². The molecule has 2 aliphatic heterocycles. The number of nitrogens with zero attached hydrogens (tertiary/aromatic N) is 2. The molecule has 7 rings (SSSR count). The second kappa shape index (κ2) is 9.43. The highest BCUT2D eigenvalue weighted by Gasteiger charge is 2.43. The number of imide groups is 2. The number of anilines is 2. The van der Waals surface area contributed by atoms with Gasteiger partial charge in [-0.15, -0.1) is 0 Å². The van der Waals surface area contributed by atoms with Crippen LogP contribution in [0.25, 0.3) is 21.9 Å². The van der Waals surface area contributed by atoms with Crippen molar-refractivity contribution < 1.29 is 36.7 Å². The Kier molecular flexibility index (Phi) is 5.83. The van der Waals surface area contributed by atoms with Gasteiger partial charge >= 0.3 is 0 Å². The minimum atomic E-state index is -2.05. The molecular weight excluding hydrogens is 576 g/mol. The molecule has 10 heteroatoms. The number of amides is 4. The first-order valence-corrected chi connectivity index (χ1v) is 13.4. The molecule has 4 amide bonds. The van der Waals surface area contributed by atoms with Gasteiger partial charge in [0, 0.05) is 38.6 Å². The number of carbonyl (C=O) groups is 4. The zero-order valence-corrected chi connectivity index (χ0v) is 23.0. The Morgan fingerprint density at radius 1 is 0.500 bits per heavy atom. The maximum Gasteiger partial charge on any atom is 0.266 e. The van der Waals surface area contributed by atoms with Crippen molar-refractivity contribution in [2.75, 3.05) is 9.80 Å². The number of aryl methyl sites for hydroxylation is 1. The fourth-order valence-corrected chi connectivity index (χ4v) is 5.81. The molecule has 0 saturated carbocycles. The summed E-state index contributed by atoms with van der Waals surface area (Å²) in [5.74, 6) is -11.4. The van der Waals surface area contributed by atoms with Gasteiger partial charge in [-0.3, -0.25) is 19.2 Å². The average molecular weight is 595 g/mol. The van der Waals surface area contributed by atoms with Gasteiger partial charge in [0.1, 0.15) is 5.69 Å². The molecule has 0 atom stereocenters. The quantitative estimate of drug-likeness (QED) is 0.0953. The van der Waals surface area contributed by atoms with E-state index >= 15 is 4.39 Å². The minimum absolute atomic E-state index is 0.0241. The van der Waals surface area contributed by atoms with Crippen LogP contribution in [0.5, 0.6) is 0 Å². The number of benzene rings is 5. The van der Waals surface area contributed by atoms with Crippen molar-refractivity contribution in [1.29, 1.82) is 0 Å². The van der Waals surface area contributed by atoms with E-state index in [9.17, 15) is 32.3 Å². The van der Waals surface area contributed by atoms with E-state index in [0.29, 0.717) is 5.69 Å². The Labute approximate surface area is 246 Å². The predicted octanol–water partition coefficient (Wildman–Crippen LogP) is 7.28. The van der Waals surface area contributed by atoms with E-state index in [1.807, 2.05) is 37.3 Å². The van der Waals surface area contributed by atoms with E-state index in [-0.39, 0.29) is 37.9 Å². The Morgan fingerprint density at radius 3 is 1.52 bits per heavy atom. The van der Waals surface area contributed by atoms with Crippen molar-refractivity contribution in [3.8, 4) is 11.1 Å². The number of hydrogen-bond acceptors (Lipinski definition) is 4. The fraction of sp³-hybridized carbons (Fsp3) is 0.0588. The number of hydrogen-bond donors (Lipinski definition) is 0. The highest BCUT2D eigenvalue weighted by molar-refractivity contribution is 6.42. The zero-order valence-electron chi connectivity index (χ0n) is 23.0. The van der Waals surface area contributed by atoms with Crippen LogP contribution in [-0.2, 0) is 0 Å². The highest BCUT2D eigenvalue weighted by Crippen LogP contribution is 2.42. The Bertz CT molecular complexity index is 2080. The maximum atomic E-state index is 15.1. The number of halogens is 4. The summed E-state index contributed by atoms with van der Waals surface area (Å²) in [7, 11) is 0. The molecule has 0 N–H and O–H groups in total. The van der Waals surface area contributed by atoms with Gasteiger partial charge in [0.2, 0.25) is 0 Å². The first kappa shape index (κ1) is 27.2. The zero-order chi connectivity index (χ0) is 31.2. The van der Waals surface area contributed by atoms with E-state index in [4.69, 9.17) is 0 Å². The third-order valence-electron chi connectivity index (χ3n) is 8.07. The van der Waals surface area contributed by atoms with Crippen molar-refractivity contribution in [2.45, 2.75) is 13.8 Å². The summed E-state index contributed by atoms with van der Waals surface area (Å²) in [5.41, 5.74) is 0.274. The van der Waals surface area contributed by atoms with Gasteiger partial charge in [-0.05, 0) is 61.4 Å². The van der Waals surface area contributed by atoms with E-state index in [1.54, 1.807) is 18.2 Å². The first-order valence-electron chi connectivity index (χ1n) is 13.4. The maximum absolute atomic E-state index is 15.1. The molecule has 0 saturated heterocycles. The summed E-state index contributed by atoms with van der Waals surface area (Å²) in [6.07, 6.45) is 0. The van der Waals surface area contributed by atoms with Crippen LogP contribution in [0, 0.1) is 37.1 Å². The molecule has 0 bridgehead atoms. The largest absolute Gasteiger partial charge is 0.268 e. The lowest BCUT2D eigenvalue weighted by Crippen LogP contribution is -2.44. The molecule has 5 aromatic rings. The molecule has 0 unspecified atom stereocenters. The van der Waals surface area contributed by atoms with Gasteiger partial charge in [0.05, 0.1) is 5.69 Å². The fourth-order valence-electron chi connectivity index (χ4n) is 5.81. The van der Waals surface area contributed by atoms with Gasteiger partial charge in [-0.25, -0.2) is 27.4 Å². The molecule has 0 aromatic heterocycles. The van der Waals surface area contributed by atoms with Crippen molar-refractivity contribution in [1.82, 2.24) is 0 Å². The number of carbonyl (C=O) groups excluding carboxylic acids is 4. The van der Waals surface area contributed by atoms with Gasteiger partial charge in [-0.1, -0.05) is 42.0 Å². The lowest BCUT2D eigenvalue weighted by atomic mass is 9.85. The van der Waals surface area contributed by atoms with Crippen LogP contribution in [-0.4, -0.2) is 23.6 Å². The van der Waals surface area contributed by atoms with Crippen LogP contribution in [0.1, 0.15) is 52.6 Å². The van der Waals surface area contributed by atoms with Gasteiger partial charge in [-0.2, -0.15) is 0 Å². The van der Waals surface area contributed by atoms with Gasteiger partial charge in [0.25, 0.3) is 23.6 Å². The molecule has 0 fully saturated rings. The van der Waals surface area contributed by atoms with E-state index in [1.165, 1.54) is 24.3 Å². The molecule has 0 spiro atoms. The standard InChI is InChI=1S/C34H18F4N2O4/c1-15-6-8-17(9-7-15)18-4-3-5-19(14-18)39-31(41)20-10-12-22-25-23(13-11-21(24(20)25)32(39)42)34(44)40(33(22)43)30-27(36)16(2)26(35)28(37)29(30)38/h3-14H,1-2H3. The molecule has 2 aliphatic rings. The topological polar surface area (TPSA) is 74.8 Å². The Hall–Kier alpha value is -5.64. The molecule has 44 heavy (non-hydrogen) atoms. The van der Waals surface area contributed by atoms with Gasteiger partial charge < -0.3 is 0 Å². The second-order valence-corrected chi connectivity index (χ2v) is 10.6. The molecule has 2 heterocycles. The number of rotatable bonds is 3. The van der Waals surface area contributed by atoms with Crippen molar-refractivity contribution in [3.63, 3.8) is 0 Å². The van der Waals surface area contributed by atoms with Crippen molar-refractivity contribution in [3.05, 3.63) is 129 Å². The van der Waals surface area contributed by atoms with Crippen LogP contribution in [0.15, 0.2) is 72.8 Å². The summed E-state index contributed by atoms with van der Waals surface area (Å²) < 4.78 is 58.2. The van der Waals surface area contributed by atoms with Crippen LogP contribution < -0.4 is 9.80 Å². The first-order chi connectivity index (χ1) is 21.0. The molecule has 216 valence electrons. The predicted molar refractivity (Wildman–Crippen MR) is 154 cm³/mol. The van der Waals surface area contributed by atoms with Crippen LogP contribution in [0.4, 0.5) is 28.9 Å². The summed E-state index contributed by atoms with van der Waals surface area (Å²) in [6, 6.07) is 19.5. The van der Waals surface area contributed by atoms with E-state index in [2.05, 4.69) is 0 Å². The molecule has 6 nitrogen and oxygen atoms in total. The summed E-state index contributed by atoms with van der Waals surface area (Å²) >= 11 is 0. The minimum Gasteiger partial charge on any atom is -0.268 e. The lowest BCUT2D eigenvalue weighted by molar-refractivity contribution is 0.0871. The van der Waals surface area contributed by atoms with Crippen LogP contribution >= 0.6 is 0 Å². The van der Waals surface area contributed by atoms with E-state index < -0.39 is 58.1 Å². The Morgan fingerprint density at radius 2 is 1.00 bits per heavy atom. The van der Waals surface area contributed by atoms with Crippen LogP contribution in [0.2, 0.25) is 0 Å². The SMILES string of the molecule is Cc1ccc(-c2cccc(N3C(=O)c4ccc5c6c(ccc(c46)C3=O)C(=O)N(c3c(F)c(C)c(F)c(F)c3F)C5=O)c2)cc1. The third-order valence-corrected chi connectivity index (χ3v) is 8.07. The van der Waals surface area contributed by atoms with E-state index in [0.717, 1.165) is 28.5 Å². The molecule has 0 radical (unpaired) electrons. The molecular formula is C34H18F4N2O4. The molecule has 5 aromatic carbocycles. The monoisotopic (exact) mass is 594 g/mol. The smallest absolute Gasteiger partial charge is 0.266 e. The third kappa shape index (κ3) is 3.60. The Balaban J connectivity index is 1.37. The van der Waals surface area contributed by atoms with Crippen LogP contribution in [0.3, 0.4) is 0 Å². The summed E-state index contributed by atoms with van der Waals surface area (Å²) in [4.78, 5) is 55.9. The van der Waals surface area contributed by atoms with Gasteiger partial charge in [0.15, 0.2) is 23.3 Å². The summed E-state index contributed by atoms with van der Waals surface area (Å²) in [6.45, 7) is 2.80.